The number of phenolic OH excluding ortho intramolecular Hbond substituents is 1. The Morgan fingerprint density at radius 2 is 1.72 bits per heavy atom. The lowest BCUT2D eigenvalue weighted by Gasteiger charge is -2.06. The van der Waals surface area contributed by atoms with Gasteiger partial charge in [0.15, 0.2) is 0 Å². The number of unbranched alkanes of at least 4 members (excludes halogenated alkanes) is 4. The van der Waals surface area contributed by atoms with Gasteiger partial charge >= 0.3 is 5.97 Å². The lowest BCUT2D eigenvalue weighted by atomic mass is 10.1. The second kappa shape index (κ2) is 8.53. The summed E-state index contributed by atoms with van der Waals surface area (Å²) in [6, 6.07) is 6.35. The molecule has 0 radical (unpaired) electrons. The molecule has 0 bridgehead atoms. The molecule has 1 aromatic rings. The number of carbonyl (C=O) groups is 1. The number of carbonyl (C=O) groups excluding carboxylic acids is 1. The van der Waals surface area contributed by atoms with Crippen molar-refractivity contribution in [3.8, 4) is 5.75 Å². The Hall–Kier alpha value is -1.55. The van der Waals surface area contributed by atoms with Gasteiger partial charge in [-0.1, -0.05) is 31.4 Å². The van der Waals surface area contributed by atoms with Gasteiger partial charge in [0.25, 0.3) is 0 Å². The first kappa shape index (κ1) is 14.5. The number of hydrogen-bond acceptors (Lipinski definition) is 4. The molecule has 4 nitrogen and oxygen atoms in total. The van der Waals surface area contributed by atoms with E-state index in [4.69, 9.17) is 9.84 Å². The Labute approximate surface area is 107 Å². The van der Waals surface area contributed by atoms with Crippen LogP contribution < -0.4 is 0 Å². The zero-order valence-electron chi connectivity index (χ0n) is 10.5. The van der Waals surface area contributed by atoms with Gasteiger partial charge in [0.2, 0.25) is 0 Å². The quantitative estimate of drug-likeness (QED) is 0.551. The van der Waals surface area contributed by atoms with Crippen molar-refractivity contribution in [1.29, 1.82) is 0 Å². The fraction of sp³-hybridized carbons (Fsp3) is 0.500. The van der Waals surface area contributed by atoms with Gasteiger partial charge in [0.1, 0.15) is 11.3 Å². The molecule has 0 aliphatic heterocycles. The monoisotopic (exact) mass is 252 g/mol. The van der Waals surface area contributed by atoms with Crippen LogP contribution in [0.3, 0.4) is 0 Å². The summed E-state index contributed by atoms with van der Waals surface area (Å²) in [5.74, 6) is -0.533. The van der Waals surface area contributed by atoms with E-state index in [1.165, 1.54) is 6.07 Å². The van der Waals surface area contributed by atoms with Crippen LogP contribution in [-0.4, -0.2) is 29.4 Å². The summed E-state index contributed by atoms with van der Waals surface area (Å²) in [5.41, 5.74) is 0.206. The molecule has 100 valence electrons. The van der Waals surface area contributed by atoms with Crippen molar-refractivity contribution in [1.82, 2.24) is 0 Å². The van der Waals surface area contributed by atoms with Gasteiger partial charge in [-0.25, -0.2) is 4.79 Å². The van der Waals surface area contributed by atoms with Crippen molar-refractivity contribution < 1.29 is 19.7 Å². The molecule has 0 fully saturated rings. The number of aliphatic hydroxyl groups is 1. The van der Waals surface area contributed by atoms with E-state index in [0.29, 0.717) is 6.61 Å². The topological polar surface area (TPSA) is 66.8 Å². The van der Waals surface area contributed by atoms with Crippen LogP contribution in [-0.2, 0) is 4.74 Å². The second-order valence-electron chi connectivity index (χ2n) is 4.14. The smallest absolute Gasteiger partial charge is 0.341 e. The molecule has 0 unspecified atom stereocenters. The van der Waals surface area contributed by atoms with Crippen LogP contribution in [0.1, 0.15) is 42.5 Å². The van der Waals surface area contributed by atoms with Crippen molar-refractivity contribution in [2.24, 2.45) is 0 Å². The summed E-state index contributed by atoms with van der Waals surface area (Å²) in [6.45, 7) is 0.606. The summed E-state index contributed by atoms with van der Waals surface area (Å²) in [5, 5.41) is 18.1. The van der Waals surface area contributed by atoms with Gasteiger partial charge < -0.3 is 14.9 Å². The van der Waals surface area contributed by atoms with Gasteiger partial charge in [0, 0.05) is 6.61 Å². The van der Waals surface area contributed by atoms with E-state index in [-0.39, 0.29) is 17.9 Å². The molecule has 1 rings (SSSR count). The van der Waals surface area contributed by atoms with Crippen molar-refractivity contribution in [3.63, 3.8) is 0 Å². The third-order valence-electron chi connectivity index (χ3n) is 2.66. The molecule has 0 spiro atoms. The molecule has 18 heavy (non-hydrogen) atoms. The van der Waals surface area contributed by atoms with Gasteiger partial charge in [-0.3, -0.25) is 0 Å². The molecule has 0 saturated carbocycles. The number of rotatable bonds is 8. The normalized spacial score (nSPS) is 10.3. The maximum Gasteiger partial charge on any atom is 0.341 e. The number of aliphatic hydroxyl groups excluding tert-OH is 1. The summed E-state index contributed by atoms with van der Waals surface area (Å²) < 4.78 is 5.07. The van der Waals surface area contributed by atoms with Crippen LogP contribution in [0.2, 0.25) is 0 Å². The zero-order chi connectivity index (χ0) is 13.2. The van der Waals surface area contributed by atoms with Crippen LogP contribution in [0.15, 0.2) is 24.3 Å². The Kier molecular flexibility index (Phi) is 6.87. The minimum Gasteiger partial charge on any atom is -0.507 e. The van der Waals surface area contributed by atoms with Crippen LogP contribution in [0, 0.1) is 0 Å². The van der Waals surface area contributed by atoms with Gasteiger partial charge in [-0.15, -0.1) is 0 Å². The summed E-state index contributed by atoms with van der Waals surface area (Å²) in [7, 11) is 0. The van der Waals surface area contributed by atoms with E-state index < -0.39 is 5.97 Å². The number of esters is 1. The van der Waals surface area contributed by atoms with E-state index in [1.54, 1.807) is 18.2 Å². The van der Waals surface area contributed by atoms with Crippen LogP contribution in [0.4, 0.5) is 0 Å². The van der Waals surface area contributed by atoms with Gasteiger partial charge in [-0.05, 0) is 25.0 Å². The summed E-state index contributed by atoms with van der Waals surface area (Å²) in [6.07, 6.45) is 4.66. The standard InChI is InChI=1S/C14H20O4/c15-10-6-2-1-3-7-11-18-14(17)12-8-4-5-9-13(12)16/h4-5,8-9,15-16H,1-3,6-7,10-11H2. The lowest BCUT2D eigenvalue weighted by Crippen LogP contribution is -2.06. The average molecular weight is 252 g/mol. The molecule has 0 saturated heterocycles. The molecule has 0 aliphatic carbocycles. The van der Waals surface area contributed by atoms with Crippen molar-refractivity contribution >= 4 is 5.97 Å². The summed E-state index contributed by atoms with van der Waals surface area (Å²) >= 11 is 0. The molecule has 1 aromatic carbocycles. The minimum atomic E-state index is -0.483. The third-order valence-corrected chi connectivity index (χ3v) is 2.66. The maximum absolute atomic E-state index is 11.6. The molecular weight excluding hydrogens is 232 g/mol. The first-order chi connectivity index (χ1) is 8.75. The van der Waals surface area contributed by atoms with Crippen LogP contribution in [0.5, 0.6) is 5.75 Å². The number of benzene rings is 1. The molecule has 0 amide bonds. The highest BCUT2D eigenvalue weighted by Crippen LogP contribution is 2.16. The second-order valence-corrected chi connectivity index (χ2v) is 4.14. The van der Waals surface area contributed by atoms with Crippen LogP contribution >= 0.6 is 0 Å². The largest absolute Gasteiger partial charge is 0.507 e. The van der Waals surface area contributed by atoms with E-state index in [1.807, 2.05) is 0 Å². The molecule has 0 heterocycles. The highest BCUT2D eigenvalue weighted by atomic mass is 16.5. The molecule has 0 aliphatic rings. The predicted octanol–water partition coefficient (Wildman–Crippen LogP) is 2.49. The highest BCUT2D eigenvalue weighted by molar-refractivity contribution is 5.92. The van der Waals surface area contributed by atoms with Crippen LogP contribution in [0.25, 0.3) is 0 Å². The lowest BCUT2D eigenvalue weighted by molar-refractivity contribution is 0.0494. The highest BCUT2D eigenvalue weighted by Gasteiger charge is 2.10. The number of phenols is 1. The van der Waals surface area contributed by atoms with Gasteiger partial charge in [-0.2, -0.15) is 0 Å². The fourth-order valence-corrected chi connectivity index (χ4v) is 1.63. The van der Waals surface area contributed by atoms with E-state index in [2.05, 4.69) is 0 Å². The zero-order valence-corrected chi connectivity index (χ0v) is 10.5. The van der Waals surface area contributed by atoms with E-state index >= 15 is 0 Å². The van der Waals surface area contributed by atoms with E-state index in [0.717, 1.165) is 32.1 Å². The number of hydrogen-bond donors (Lipinski definition) is 2. The van der Waals surface area contributed by atoms with Crippen molar-refractivity contribution in [2.75, 3.05) is 13.2 Å². The van der Waals surface area contributed by atoms with E-state index in [9.17, 15) is 9.90 Å². The Balaban J connectivity index is 2.16. The first-order valence-corrected chi connectivity index (χ1v) is 6.31. The molecule has 0 atom stereocenters. The molecule has 4 heteroatoms. The van der Waals surface area contributed by atoms with Gasteiger partial charge in [0.05, 0.1) is 6.61 Å². The Morgan fingerprint density at radius 1 is 1.06 bits per heavy atom. The Bertz CT molecular complexity index is 363. The predicted molar refractivity (Wildman–Crippen MR) is 68.6 cm³/mol. The molecule has 0 aromatic heterocycles. The summed E-state index contributed by atoms with van der Waals surface area (Å²) in [4.78, 5) is 11.6. The molecule has 2 N–H and O–H groups in total. The third kappa shape index (κ3) is 5.19. The average Bonchev–Trinajstić information content (AvgIpc) is 2.38. The Morgan fingerprint density at radius 3 is 2.44 bits per heavy atom. The number of aromatic hydroxyl groups is 1. The number of para-hydroxylation sites is 1. The first-order valence-electron chi connectivity index (χ1n) is 6.31. The SMILES string of the molecule is O=C(OCCCCCCCO)c1ccccc1O. The fourth-order valence-electron chi connectivity index (χ4n) is 1.63. The maximum atomic E-state index is 11.6. The van der Waals surface area contributed by atoms with Crippen molar-refractivity contribution in [3.05, 3.63) is 29.8 Å². The van der Waals surface area contributed by atoms with Crippen molar-refractivity contribution in [2.45, 2.75) is 32.1 Å². The number of ether oxygens (including phenoxy) is 1. The molecular formula is C14H20O4. The minimum absolute atomic E-state index is 0.0505.